The molecule has 3 unspecified atom stereocenters. The Balaban J connectivity index is 0.000000145. The number of aliphatic hydroxyl groups is 4. The molecule has 708 valence electrons. The Labute approximate surface area is 836 Å². The van der Waals surface area contributed by atoms with Crippen molar-refractivity contribution < 1.29 is 226 Å². The molecule has 9 saturated heterocycles. The summed E-state index contributed by atoms with van der Waals surface area (Å²) in [6.07, 6.45) is -21.8. The predicted octanol–water partition coefficient (Wildman–Crippen LogP) is -15.4. The minimum absolute atomic E-state index is 0. The van der Waals surface area contributed by atoms with Crippen LogP contribution in [0, 0.1) is 0 Å². The maximum absolute atomic E-state index is 15.9. The summed E-state index contributed by atoms with van der Waals surface area (Å²) in [5.74, 6) is -0.284. The Morgan fingerprint density at radius 1 is 0.378 bits per heavy atom. The number of aliphatic hydroxyl groups excluding tert-OH is 4. The molecule has 12 aromatic rings. The largest absolute Gasteiger partial charge is 1.00 e. The number of nitrogens with one attached hydrogen (secondary N) is 2. The Kier molecular flexibility index (Phi) is 29.8. The van der Waals surface area contributed by atoms with Crippen LogP contribution >= 0.6 is 20.2 Å². The number of imidazole rings is 6. The van der Waals surface area contributed by atoms with Gasteiger partial charge in [0.2, 0.25) is 0 Å². The number of halogens is 2. The fraction of sp³-hybridized carbons (Fsp3) is 0.508. The average Bonchev–Trinajstić information content (AvgIpc) is 1.62. The molecule has 12 aromatic heterocycles. The number of hydrogen-bond acceptors (Lipinski definition) is 55. The van der Waals surface area contributed by atoms with Crippen molar-refractivity contribution in [3.63, 3.8) is 0 Å². The maximum Gasteiger partial charge on any atom is 1.00 e. The molecule has 0 bridgehead atoms. The van der Waals surface area contributed by atoms with E-state index in [1.54, 1.807) is 0 Å². The molecular formula is C61H68F2N32Na3O28P3S6. The first-order valence-corrected chi connectivity index (χ1v) is 50.5. The number of nitrogen functional groups attached to an aromatic ring is 6. The fourth-order valence-electron chi connectivity index (χ4n) is 15.9. The van der Waals surface area contributed by atoms with Crippen molar-refractivity contribution in [2.24, 2.45) is 0 Å². The van der Waals surface area contributed by atoms with Gasteiger partial charge in [-0.3, -0.25) is 36.2 Å². The molecule has 60 nitrogen and oxygen atoms in total. The summed E-state index contributed by atoms with van der Waals surface area (Å²) in [5.41, 5.74) is 37.3. The second-order valence-electron chi connectivity index (χ2n) is 30.0. The van der Waals surface area contributed by atoms with Gasteiger partial charge in [-0.15, -0.1) is 0 Å². The Morgan fingerprint density at radius 3 is 0.956 bits per heavy atom. The van der Waals surface area contributed by atoms with Crippen LogP contribution in [0.3, 0.4) is 0 Å². The average molecular weight is 2090 g/mol. The molecule has 27 atom stereocenters. The van der Waals surface area contributed by atoms with E-state index >= 15 is 8.78 Å². The van der Waals surface area contributed by atoms with E-state index in [9.17, 15) is 60.0 Å². The van der Waals surface area contributed by atoms with Crippen LogP contribution in [0.4, 0.5) is 43.7 Å². The fourth-order valence-corrected chi connectivity index (χ4v) is 23.3. The zero-order chi connectivity index (χ0) is 92.9. The SMILES string of the molecule is Nc1ncnc2c1ncn2[C@@H]1O[C@@H]2CCS(=O)(=O)O[C@H]3[C@@H](O)[C@H](n4cnc5c(N)ncnc54)O[C@@H]3COP([O-])(=S)O[C@H]2[C@H]1O.Nc1ncnc2c1ncn2[C@@H]1O[C@@H]2COP(=O)([S-])O[C@H]3[C@@H](F)[C@H](n4cnc5c(N)ncnc54)O[C@@H]3CNS(=O)(=O)O[C@H]2[C@H]1O.Nc1ncnc2c1ncn2[C@@H]1O[C@@H]2COP([O-])(=S)O[C@H]3[C@@H](F)[C@H](n4cnc5c(N)ncnc54)O[C@@H]3CNS(=O)(=O)O[C@H]2[C@H]1O.[Na+].[Na+].[Na+]. The van der Waals surface area contributed by atoms with Crippen LogP contribution in [0.25, 0.3) is 67.0 Å². The molecule has 9 aliphatic heterocycles. The summed E-state index contributed by atoms with van der Waals surface area (Å²) in [4.78, 5) is 99.0. The van der Waals surface area contributed by atoms with Gasteiger partial charge in [0.15, 0.2) is 125 Å². The molecule has 18 N–H and O–H groups in total. The van der Waals surface area contributed by atoms with Gasteiger partial charge in [0.25, 0.3) is 10.1 Å². The molecule has 9 fully saturated rings. The van der Waals surface area contributed by atoms with Gasteiger partial charge in [-0.05, 0) is 6.42 Å². The van der Waals surface area contributed by atoms with Crippen LogP contribution in [-0.2, 0) is 139 Å². The number of anilines is 6. The zero-order valence-electron chi connectivity index (χ0n) is 69.1. The number of ether oxygens (including phenoxy) is 6. The first kappa shape index (κ1) is 102. The van der Waals surface area contributed by atoms with Gasteiger partial charge >= 0.3 is 109 Å². The molecule has 135 heavy (non-hydrogen) atoms. The van der Waals surface area contributed by atoms with Crippen molar-refractivity contribution in [1.29, 1.82) is 0 Å². The number of hydrogen-bond donors (Lipinski definition) is 12. The molecule has 21 heterocycles. The van der Waals surface area contributed by atoms with Crippen LogP contribution in [0.15, 0.2) is 75.9 Å². The quantitative estimate of drug-likeness (QED) is 0.0318. The molecule has 0 spiro atoms. The van der Waals surface area contributed by atoms with E-state index in [-0.39, 0.29) is 197 Å². The number of aromatic nitrogens is 24. The van der Waals surface area contributed by atoms with Gasteiger partial charge in [0.1, 0.15) is 176 Å². The molecule has 0 aromatic carbocycles. The Bertz CT molecular complexity index is 6360. The molecular weight excluding hydrogens is 2020 g/mol. The minimum atomic E-state index is -4.66. The molecule has 0 saturated carbocycles. The van der Waals surface area contributed by atoms with Crippen LogP contribution < -0.4 is 142 Å². The normalized spacial score (nSPS) is 35.3. The standard InChI is InChI=1S/C21H25N10O10PS2.2C20H23FN11O9PS2.3Na/c22-16-10-18(26-4-24-16)30(6-28-10)20-12(32)14-8(38-20)1-2-44(35,36)41-15-9(3-37-42(34,43)40-14)39-21(13(15)33)31-7-29-11-17(23)25-5-27-19(11)31;2*21-9-13-7(38-19(9)31-5-28-10-15(22)24-3-26-17(10)31)1-30-44(35,36)41-14-8(2-37-42(34,43)40-13)39-20(12(14)33)32-6-29-11-16(23)25-4-27-18(11)32;;;/h4-9,12-15,20-21,32-33H,1-3H2,(H,34,43)(H2,22,24,26)(H2,23,25,27);2*3-9,12-14,19-20,30,33H,1-2H2,(H,34,43)(H2,22,24,26)(H2,23,25,27);;;/q;;;3*+1/p-3/t8-,9-,12-,13-,14-,15-,20-,21-,42?;2*7-,8-,9-,12-,13-,14-,19-,20-,42?;;;/m111.../s1. The zero-order valence-corrected chi connectivity index (χ0v) is 82.6. The van der Waals surface area contributed by atoms with Gasteiger partial charge in [0, 0.05) is 13.1 Å². The topological polar surface area (TPSA) is 827 Å². The van der Waals surface area contributed by atoms with E-state index in [0.717, 1.165) is 12.7 Å². The van der Waals surface area contributed by atoms with Gasteiger partial charge in [0.05, 0.1) is 69.6 Å². The Morgan fingerprint density at radius 2 is 0.637 bits per heavy atom. The minimum Gasteiger partial charge on any atom is -0.780 e. The van der Waals surface area contributed by atoms with E-state index in [1.807, 2.05) is 0 Å². The van der Waals surface area contributed by atoms with E-state index < -0.39 is 237 Å². The van der Waals surface area contributed by atoms with Gasteiger partial charge in [-0.1, -0.05) is 23.6 Å². The second kappa shape index (κ2) is 39.6. The molecule has 0 aliphatic carbocycles. The third-order valence-electron chi connectivity index (χ3n) is 22.0. The van der Waals surface area contributed by atoms with Crippen LogP contribution in [0.5, 0.6) is 0 Å². The summed E-state index contributed by atoms with van der Waals surface area (Å²) in [6.45, 7) is -16.6. The van der Waals surface area contributed by atoms with Crippen LogP contribution in [0.1, 0.15) is 43.8 Å². The second-order valence-corrected chi connectivity index (χ2v) is 42.6. The summed E-state index contributed by atoms with van der Waals surface area (Å²) < 4.78 is 219. The van der Waals surface area contributed by atoms with Crippen LogP contribution in [0.2, 0.25) is 0 Å². The number of alkyl halides is 2. The number of fused-ring (bicyclic) bond motifs is 12. The van der Waals surface area contributed by atoms with Gasteiger partial charge in [-0.25, -0.2) is 107 Å². The number of nitrogens with two attached hydrogens (primary N) is 6. The van der Waals surface area contributed by atoms with Crippen molar-refractivity contribution in [1.82, 2.24) is 127 Å². The molecule has 0 amide bonds. The van der Waals surface area contributed by atoms with Gasteiger partial charge in [-0.2, -0.15) is 34.7 Å². The molecule has 0 radical (unpaired) electrons. The van der Waals surface area contributed by atoms with Gasteiger partial charge < -0.3 is 132 Å². The third kappa shape index (κ3) is 20.0. The summed E-state index contributed by atoms with van der Waals surface area (Å²) in [5, 5.41) is 44.7. The van der Waals surface area contributed by atoms with Crippen molar-refractivity contribution in [3.05, 3.63) is 75.9 Å². The number of nitrogens with zero attached hydrogens (tertiary/aromatic N) is 24. The molecule has 21 rings (SSSR count). The maximum atomic E-state index is 15.9. The first-order valence-electron chi connectivity index (χ1n) is 38.5. The first-order chi connectivity index (χ1) is 62.8. The number of rotatable bonds is 6. The third-order valence-corrected chi connectivity index (χ3v) is 29.9. The van der Waals surface area contributed by atoms with E-state index in [0.29, 0.717) is 0 Å². The summed E-state index contributed by atoms with van der Waals surface area (Å²) in [7, 11) is -13.7. The monoisotopic (exact) mass is 2090 g/mol. The van der Waals surface area contributed by atoms with Crippen LogP contribution in [-0.4, -0.2) is 311 Å². The van der Waals surface area contributed by atoms with E-state index in [2.05, 4.69) is 99.2 Å². The smallest absolute Gasteiger partial charge is 0.780 e. The molecule has 9 aliphatic rings. The van der Waals surface area contributed by atoms with Crippen molar-refractivity contribution >= 4 is 189 Å². The summed E-state index contributed by atoms with van der Waals surface area (Å²) in [6, 6.07) is 0. The molecule has 74 heteroatoms. The Hall–Kier alpha value is -6.23. The van der Waals surface area contributed by atoms with E-state index in [4.69, 9.17) is 138 Å². The predicted molar refractivity (Wildman–Crippen MR) is 439 cm³/mol. The summed E-state index contributed by atoms with van der Waals surface area (Å²) >= 11 is 15.2. The van der Waals surface area contributed by atoms with E-state index in [1.165, 1.54) is 90.7 Å². The van der Waals surface area contributed by atoms with Crippen molar-refractivity contribution in [2.45, 2.75) is 154 Å². The van der Waals surface area contributed by atoms with Crippen molar-refractivity contribution in [3.8, 4) is 0 Å². The van der Waals surface area contributed by atoms with Crippen molar-refractivity contribution in [2.75, 3.05) is 73.1 Å².